The zero-order valence-corrected chi connectivity index (χ0v) is 13.6. The van der Waals surface area contributed by atoms with Gasteiger partial charge in [0.15, 0.2) is 0 Å². The lowest BCUT2D eigenvalue weighted by Crippen LogP contribution is -2.43. The van der Waals surface area contributed by atoms with Crippen molar-refractivity contribution in [2.75, 3.05) is 6.54 Å². The highest BCUT2D eigenvalue weighted by atomic mass is 16.6. The molecule has 1 amide bonds. The number of benzene rings is 1. The van der Waals surface area contributed by atoms with E-state index < -0.39 is 17.1 Å². The lowest BCUT2D eigenvalue weighted by atomic mass is 10.0. The Balaban J connectivity index is 2.08. The second-order valence-corrected chi connectivity index (χ2v) is 5.43. The fourth-order valence-corrected chi connectivity index (χ4v) is 2.55. The number of aromatic nitrogens is 2. The van der Waals surface area contributed by atoms with E-state index in [0.29, 0.717) is 6.54 Å². The summed E-state index contributed by atoms with van der Waals surface area (Å²) in [6.45, 7) is 3.88. The number of nitro groups is 1. The molecule has 1 heterocycles. The summed E-state index contributed by atoms with van der Waals surface area (Å²) < 4.78 is 1.23. The normalized spacial score (nSPS) is 13.3. The Hall–Kier alpha value is -2.74. The molecule has 1 N–H and O–H groups in total. The number of amides is 1. The summed E-state index contributed by atoms with van der Waals surface area (Å²) in [5.74, 6) is -0.266. The molecule has 0 fully saturated rings. The van der Waals surface area contributed by atoms with Crippen molar-refractivity contribution < 1.29 is 14.8 Å². The Morgan fingerprint density at radius 3 is 2.62 bits per heavy atom. The predicted molar refractivity (Wildman–Crippen MR) is 87.1 cm³/mol. The summed E-state index contributed by atoms with van der Waals surface area (Å²) in [7, 11) is 0. The smallest absolute Gasteiger partial charge is 0.307 e. The molecule has 0 aliphatic rings. The van der Waals surface area contributed by atoms with Gasteiger partial charge < -0.3 is 10.0 Å². The number of aliphatic hydroxyl groups is 1. The summed E-state index contributed by atoms with van der Waals surface area (Å²) in [4.78, 5) is 24.1. The van der Waals surface area contributed by atoms with Crippen LogP contribution in [0.5, 0.6) is 0 Å². The van der Waals surface area contributed by atoms with Gasteiger partial charge in [-0.15, -0.1) is 0 Å². The van der Waals surface area contributed by atoms with Gasteiger partial charge in [0.1, 0.15) is 18.9 Å². The molecular formula is C16H20N4O4. The molecule has 2 rings (SSSR count). The number of hydrogen-bond donors (Lipinski definition) is 1. The predicted octanol–water partition coefficient (Wildman–Crippen LogP) is 1.76. The van der Waals surface area contributed by atoms with Gasteiger partial charge in [-0.05, 0) is 19.4 Å². The molecule has 8 nitrogen and oxygen atoms in total. The number of aliphatic hydroxyl groups excluding tert-OH is 1. The van der Waals surface area contributed by atoms with Gasteiger partial charge in [0, 0.05) is 6.54 Å². The van der Waals surface area contributed by atoms with Crippen molar-refractivity contribution in [3.8, 4) is 0 Å². The average molecular weight is 332 g/mol. The van der Waals surface area contributed by atoms with E-state index >= 15 is 0 Å². The molecule has 0 unspecified atom stereocenters. The first-order valence-electron chi connectivity index (χ1n) is 7.63. The van der Waals surface area contributed by atoms with Crippen molar-refractivity contribution in [1.82, 2.24) is 14.7 Å². The molecule has 2 aromatic rings. The summed E-state index contributed by atoms with van der Waals surface area (Å²) in [5.41, 5.74) is 0.564. The zero-order chi connectivity index (χ0) is 17.7. The average Bonchev–Trinajstić information content (AvgIpc) is 3.04. The van der Waals surface area contributed by atoms with Crippen LogP contribution in [0.4, 0.5) is 5.69 Å². The Morgan fingerprint density at radius 1 is 1.42 bits per heavy atom. The van der Waals surface area contributed by atoms with E-state index in [2.05, 4.69) is 5.10 Å². The minimum Gasteiger partial charge on any atom is -0.386 e. The largest absolute Gasteiger partial charge is 0.386 e. The van der Waals surface area contributed by atoms with Gasteiger partial charge in [-0.25, -0.2) is 0 Å². The van der Waals surface area contributed by atoms with Crippen LogP contribution < -0.4 is 0 Å². The number of hydrogen-bond acceptors (Lipinski definition) is 5. The highest BCUT2D eigenvalue weighted by molar-refractivity contribution is 5.76. The van der Waals surface area contributed by atoms with Crippen LogP contribution in [0.3, 0.4) is 0 Å². The van der Waals surface area contributed by atoms with E-state index in [-0.39, 0.29) is 18.1 Å². The fraction of sp³-hybridized carbons (Fsp3) is 0.375. The van der Waals surface area contributed by atoms with Crippen molar-refractivity contribution >= 4 is 11.6 Å². The van der Waals surface area contributed by atoms with Gasteiger partial charge in [-0.2, -0.15) is 5.10 Å². The second kappa shape index (κ2) is 7.69. The maximum Gasteiger partial charge on any atom is 0.307 e. The maximum absolute atomic E-state index is 12.5. The highest BCUT2D eigenvalue weighted by Gasteiger charge is 2.26. The molecule has 128 valence electrons. The first-order chi connectivity index (χ1) is 11.4. The van der Waals surface area contributed by atoms with Crippen molar-refractivity contribution in [3.63, 3.8) is 0 Å². The summed E-state index contributed by atoms with van der Waals surface area (Å²) in [5, 5.41) is 25.0. The second-order valence-electron chi connectivity index (χ2n) is 5.43. The molecular weight excluding hydrogens is 312 g/mol. The van der Waals surface area contributed by atoms with E-state index in [9.17, 15) is 20.0 Å². The fourth-order valence-electron chi connectivity index (χ4n) is 2.55. The maximum atomic E-state index is 12.5. The van der Waals surface area contributed by atoms with Gasteiger partial charge in [0.2, 0.25) is 5.91 Å². The Kier molecular flexibility index (Phi) is 5.64. The third kappa shape index (κ3) is 3.96. The third-order valence-corrected chi connectivity index (χ3v) is 3.88. The molecule has 0 radical (unpaired) electrons. The molecule has 1 aromatic carbocycles. The lowest BCUT2D eigenvalue weighted by molar-refractivity contribution is -0.385. The van der Waals surface area contributed by atoms with Crippen LogP contribution in [-0.2, 0) is 11.3 Å². The standard InChI is InChI=1S/C16H20N4O4/c1-3-19(12(2)16(22)13-7-5-4-6-8-13)15(21)11-18-10-14(9-17-18)20(23)24/h4-10,12,16,22H,3,11H2,1-2H3/t12-,16+/m1/s1. The molecule has 2 atom stereocenters. The van der Waals surface area contributed by atoms with E-state index in [1.807, 2.05) is 25.1 Å². The number of carbonyl (C=O) groups is 1. The molecule has 8 heteroatoms. The van der Waals surface area contributed by atoms with Crippen LogP contribution in [0.1, 0.15) is 25.5 Å². The Bertz CT molecular complexity index is 701. The van der Waals surface area contributed by atoms with Crippen molar-refractivity contribution in [2.45, 2.75) is 32.5 Å². The zero-order valence-electron chi connectivity index (χ0n) is 13.6. The monoisotopic (exact) mass is 332 g/mol. The summed E-state index contributed by atoms with van der Waals surface area (Å²) >= 11 is 0. The Morgan fingerprint density at radius 2 is 2.08 bits per heavy atom. The van der Waals surface area contributed by atoms with Crippen molar-refractivity contribution in [1.29, 1.82) is 0 Å². The van der Waals surface area contributed by atoms with Crippen LogP contribution in [0.15, 0.2) is 42.7 Å². The molecule has 0 aliphatic carbocycles. The lowest BCUT2D eigenvalue weighted by Gasteiger charge is -2.31. The van der Waals surface area contributed by atoms with Crippen LogP contribution in [0.25, 0.3) is 0 Å². The first kappa shape index (κ1) is 17.6. The minimum atomic E-state index is -0.818. The van der Waals surface area contributed by atoms with Gasteiger partial charge in [0.25, 0.3) is 0 Å². The van der Waals surface area contributed by atoms with Crippen LogP contribution in [-0.4, -0.2) is 43.2 Å². The van der Waals surface area contributed by atoms with Crippen LogP contribution >= 0.6 is 0 Å². The quantitative estimate of drug-likeness (QED) is 0.615. The minimum absolute atomic E-state index is 0.118. The van der Waals surface area contributed by atoms with Gasteiger partial charge >= 0.3 is 5.69 Å². The summed E-state index contributed by atoms with van der Waals surface area (Å²) in [6.07, 6.45) is 1.50. The van der Waals surface area contributed by atoms with E-state index in [1.54, 1.807) is 19.1 Å². The third-order valence-electron chi connectivity index (χ3n) is 3.88. The van der Waals surface area contributed by atoms with Crippen molar-refractivity contribution in [3.05, 3.63) is 58.4 Å². The molecule has 1 aromatic heterocycles. The number of nitrogens with zero attached hydrogens (tertiary/aromatic N) is 4. The number of carbonyl (C=O) groups excluding carboxylic acids is 1. The molecule has 0 saturated carbocycles. The van der Waals surface area contributed by atoms with E-state index in [1.165, 1.54) is 15.8 Å². The molecule has 24 heavy (non-hydrogen) atoms. The topological polar surface area (TPSA) is 102 Å². The molecule has 0 spiro atoms. The van der Waals surface area contributed by atoms with Gasteiger partial charge in [-0.1, -0.05) is 30.3 Å². The molecule has 0 aliphatic heterocycles. The molecule has 0 saturated heterocycles. The highest BCUT2D eigenvalue weighted by Crippen LogP contribution is 2.21. The van der Waals surface area contributed by atoms with Gasteiger partial charge in [0.05, 0.1) is 17.1 Å². The van der Waals surface area contributed by atoms with Crippen LogP contribution in [0, 0.1) is 10.1 Å². The SMILES string of the molecule is CCN(C(=O)Cn1cc([N+](=O)[O-])cn1)[C@H](C)[C@H](O)c1ccccc1. The number of likely N-dealkylation sites (N-methyl/N-ethyl adjacent to an activating group) is 1. The van der Waals surface area contributed by atoms with Gasteiger partial charge in [-0.3, -0.25) is 19.6 Å². The van der Waals surface area contributed by atoms with E-state index in [4.69, 9.17) is 0 Å². The van der Waals surface area contributed by atoms with Crippen molar-refractivity contribution in [2.24, 2.45) is 0 Å². The number of rotatable bonds is 7. The van der Waals surface area contributed by atoms with Crippen LogP contribution in [0.2, 0.25) is 0 Å². The molecule has 0 bridgehead atoms. The first-order valence-corrected chi connectivity index (χ1v) is 7.63. The van der Waals surface area contributed by atoms with E-state index in [0.717, 1.165) is 11.8 Å². The summed E-state index contributed by atoms with van der Waals surface area (Å²) in [6, 6.07) is 8.68. The Labute approximate surface area is 139 Å².